The summed E-state index contributed by atoms with van der Waals surface area (Å²) in [6.45, 7) is 7.70. The maximum Gasteiger partial charge on any atom is 0.264 e. The summed E-state index contributed by atoms with van der Waals surface area (Å²) in [6, 6.07) is 18.5. The summed E-state index contributed by atoms with van der Waals surface area (Å²) in [5.74, 6) is -0.681. The minimum Gasteiger partial charge on any atom is -0.347 e. The van der Waals surface area contributed by atoms with Crippen molar-refractivity contribution in [2.24, 2.45) is 0 Å². The number of rotatable bonds is 4. The second kappa shape index (κ2) is 8.61. The molecule has 3 aromatic carbocycles. The standard InChI is InChI=1S/C26H27N3O4S/c1-5-29-22-15-14-17(16-20(22)18-10-7-9-13-23(18)34(29,32)33)24(30)27-21-12-8-6-11-19(21)25(31)28-26(2,3)4/h6-16H,5H2,1-4H3,(H,27,30)(H,28,31). The van der Waals surface area contributed by atoms with E-state index < -0.39 is 21.5 Å². The second-order valence-corrected chi connectivity index (χ2v) is 10.9. The highest BCUT2D eigenvalue weighted by Gasteiger charge is 2.34. The van der Waals surface area contributed by atoms with E-state index in [0.717, 1.165) is 0 Å². The summed E-state index contributed by atoms with van der Waals surface area (Å²) >= 11 is 0. The van der Waals surface area contributed by atoms with Crippen LogP contribution in [0.3, 0.4) is 0 Å². The van der Waals surface area contributed by atoms with Gasteiger partial charge in [0, 0.05) is 28.8 Å². The molecule has 0 saturated heterocycles. The van der Waals surface area contributed by atoms with Crippen molar-refractivity contribution >= 4 is 33.2 Å². The van der Waals surface area contributed by atoms with E-state index in [2.05, 4.69) is 10.6 Å². The van der Waals surface area contributed by atoms with Gasteiger partial charge < -0.3 is 10.6 Å². The fourth-order valence-corrected chi connectivity index (χ4v) is 5.71. The number of hydrogen-bond acceptors (Lipinski definition) is 4. The molecule has 7 nitrogen and oxygen atoms in total. The molecule has 4 rings (SSSR count). The summed E-state index contributed by atoms with van der Waals surface area (Å²) in [7, 11) is -3.67. The first-order chi connectivity index (χ1) is 16.0. The van der Waals surface area contributed by atoms with Crippen molar-refractivity contribution in [3.63, 3.8) is 0 Å². The van der Waals surface area contributed by atoms with Crippen LogP contribution in [0.1, 0.15) is 48.4 Å². The van der Waals surface area contributed by atoms with E-state index in [0.29, 0.717) is 33.6 Å². The normalized spacial score (nSPS) is 14.1. The van der Waals surface area contributed by atoms with E-state index in [1.165, 1.54) is 4.31 Å². The number of benzene rings is 3. The van der Waals surface area contributed by atoms with Crippen molar-refractivity contribution in [2.45, 2.75) is 38.1 Å². The topological polar surface area (TPSA) is 95.6 Å². The van der Waals surface area contributed by atoms with Crippen LogP contribution in [0.25, 0.3) is 11.1 Å². The number of amides is 2. The number of nitrogens with zero attached hydrogens (tertiary/aromatic N) is 1. The van der Waals surface area contributed by atoms with Crippen LogP contribution < -0.4 is 14.9 Å². The Morgan fingerprint density at radius 1 is 0.882 bits per heavy atom. The van der Waals surface area contributed by atoms with E-state index in [9.17, 15) is 18.0 Å². The Bertz CT molecular complexity index is 1390. The zero-order valence-electron chi connectivity index (χ0n) is 19.5. The number of fused-ring (bicyclic) bond motifs is 3. The van der Waals surface area contributed by atoms with Crippen molar-refractivity contribution in [3.05, 3.63) is 77.9 Å². The molecule has 3 aromatic rings. The predicted octanol–water partition coefficient (Wildman–Crippen LogP) is 4.66. The lowest BCUT2D eigenvalue weighted by Gasteiger charge is -2.31. The van der Waals surface area contributed by atoms with E-state index in [4.69, 9.17) is 0 Å². The van der Waals surface area contributed by atoms with Gasteiger partial charge >= 0.3 is 0 Å². The van der Waals surface area contributed by atoms with Crippen LogP contribution in [-0.4, -0.2) is 32.3 Å². The fourth-order valence-electron chi connectivity index (χ4n) is 4.01. The van der Waals surface area contributed by atoms with Gasteiger partial charge in [-0.05, 0) is 64.1 Å². The highest BCUT2D eigenvalue weighted by Crippen LogP contribution is 2.43. The minimum atomic E-state index is -3.67. The molecule has 1 aliphatic heterocycles. The van der Waals surface area contributed by atoms with Crippen LogP contribution >= 0.6 is 0 Å². The molecule has 0 fully saturated rings. The van der Waals surface area contributed by atoms with Crippen molar-refractivity contribution < 1.29 is 18.0 Å². The van der Waals surface area contributed by atoms with Crippen molar-refractivity contribution in [3.8, 4) is 11.1 Å². The first-order valence-electron chi connectivity index (χ1n) is 11.0. The van der Waals surface area contributed by atoms with Crippen molar-refractivity contribution in [2.75, 3.05) is 16.2 Å². The number of anilines is 2. The number of carbonyl (C=O) groups is 2. The molecule has 1 heterocycles. The summed E-state index contributed by atoms with van der Waals surface area (Å²) < 4.78 is 27.5. The van der Waals surface area contributed by atoms with E-state index >= 15 is 0 Å². The highest BCUT2D eigenvalue weighted by molar-refractivity contribution is 7.93. The molecule has 0 bridgehead atoms. The molecule has 0 aromatic heterocycles. The van der Waals surface area contributed by atoms with E-state index in [1.54, 1.807) is 73.7 Å². The lowest BCUT2D eigenvalue weighted by molar-refractivity contribution is 0.0920. The van der Waals surface area contributed by atoms with Crippen LogP contribution in [-0.2, 0) is 10.0 Å². The van der Waals surface area contributed by atoms with Gasteiger partial charge in [-0.25, -0.2) is 8.42 Å². The van der Waals surface area contributed by atoms with Gasteiger partial charge in [0.1, 0.15) is 0 Å². The Labute approximate surface area is 199 Å². The Balaban J connectivity index is 1.71. The first-order valence-corrected chi connectivity index (χ1v) is 12.5. The summed E-state index contributed by atoms with van der Waals surface area (Å²) in [5, 5.41) is 5.74. The smallest absolute Gasteiger partial charge is 0.264 e. The molecule has 34 heavy (non-hydrogen) atoms. The molecule has 0 atom stereocenters. The second-order valence-electron chi connectivity index (χ2n) is 9.10. The lowest BCUT2D eigenvalue weighted by atomic mass is 9.99. The van der Waals surface area contributed by atoms with Gasteiger partial charge in [-0.2, -0.15) is 0 Å². The van der Waals surface area contributed by atoms with Gasteiger partial charge in [-0.3, -0.25) is 13.9 Å². The summed E-state index contributed by atoms with van der Waals surface area (Å²) in [6.07, 6.45) is 0. The number of hydrogen-bond donors (Lipinski definition) is 2. The average Bonchev–Trinajstić information content (AvgIpc) is 2.78. The summed E-state index contributed by atoms with van der Waals surface area (Å²) in [4.78, 5) is 26.1. The third-order valence-corrected chi connectivity index (χ3v) is 7.42. The number of carbonyl (C=O) groups excluding carboxylic acids is 2. The zero-order chi connectivity index (χ0) is 24.7. The largest absolute Gasteiger partial charge is 0.347 e. The first kappa shape index (κ1) is 23.5. The van der Waals surface area contributed by atoms with Crippen LogP contribution in [0.5, 0.6) is 0 Å². The maximum atomic E-state index is 13.2. The van der Waals surface area contributed by atoms with Gasteiger partial charge in [0.2, 0.25) is 0 Å². The zero-order valence-corrected chi connectivity index (χ0v) is 20.4. The lowest BCUT2D eigenvalue weighted by Crippen LogP contribution is -2.40. The third kappa shape index (κ3) is 4.28. The average molecular weight is 478 g/mol. The molecule has 2 amide bonds. The molecule has 0 spiro atoms. The number of para-hydroxylation sites is 1. The van der Waals surface area contributed by atoms with Gasteiger partial charge in [-0.15, -0.1) is 0 Å². The summed E-state index contributed by atoms with van der Waals surface area (Å²) in [5.41, 5.74) is 2.44. The third-order valence-electron chi connectivity index (χ3n) is 5.47. The van der Waals surface area contributed by atoms with Crippen LogP contribution in [0.4, 0.5) is 11.4 Å². The van der Waals surface area contributed by atoms with Gasteiger partial charge in [0.15, 0.2) is 0 Å². The highest BCUT2D eigenvalue weighted by atomic mass is 32.2. The van der Waals surface area contributed by atoms with Gasteiger partial charge in [0.05, 0.1) is 21.8 Å². The minimum absolute atomic E-state index is 0.214. The van der Waals surface area contributed by atoms with Gasteiger partial charge in [-0.1, -0.05) is 30.3 Å². The molecule has 0 unspecified atom stereocenters. The SMILES string of the molecule is CCN1c2ccc(C(=O)Nc3ccccc3C(=O)NC(C)(C)C)cc2-c2ccccc2S1(=O)=O. The predicted molar refractivity (Wildman–Crippen MR) is 134 cm³/mol. The van der Waals surface area contributed by atoms with Crippen LogP contribution in [0, 0.1) is 0 Å². The van der Waals surface area contributed by atoms with Crippen LogP contribution in [0.2, 0.25) is 0 Å². The molecule has 1 aliphatic rings. The van der Waals surface area contributed by atoms with Crippen molar-refractivity contribution in [1.29, 1.82) is 0 Å². The molecule has 2 N–H and O–H groups in total. The Morgan fingerprint density at radius 2 is 1.56 bits per heavy atom. The quantitative estimate of drug-likeness (QED) is 0.571. The molecular formula is C26H27N3O4S. The Kier molecular flexibility index (Phi) is 5.95. The molecule has 0 radical (unpaired) electrons. The van der Waals surface area contributed by atoms with E-state index in [-0.39, 0.29) is 17.3 Å². The van der Waals surface area contributed by atoms with E-state index in [1.807, 2.05) is 20.8 Å². The maximum absolute atomic E-state index is 13.2. The van der Waals surface area contributed by atoms with Gasteiger partial charge in [0.25, 0.3) is 21.8 Å². The molecule has 176 valence electrons. The van der Waals surface area contributed by atoms with Crippen LogP contribution in [0.15, 0.2) is 71.6 Å². The Hall–Kier alpha value is -3.65. The monoisotopic (exact) mass is 477 g/mol. The molecule has 0 aliphatic carbocycles. The molecule has 0 saturated carbocycles. The fraction of sp³-hybridized carbons (Fsp3) is 0.231. The molecular weight excluding hydrogens is 450 g/mol. The Morgan fingerprint density at radius 3 is 2.26 bits per heavy atom. The number of nitrogens with one attached hydrogen (secondary N) is 2. The number of sulfonamides is 1. The van der Waals surface area contributed by atoms with Crippen molar-refractivity contribution in [1.82, 2.24) is 5.32 Å². The molecule has 8 heteroatoms.